The van der Waals surface area contributed by atoms with E-state index >= 15 is 0 Å². The molecule has 3 aromatic rings. The minimum Gasteiger partial charge on any atom is -0.479 e. The van der Waals surface area contributed by atoms with Crippen LogP contribution >= 0.6 is 0 Å². The lowest BCUT2D eigenvalue weighted by Gasteiger charge is -2.15. The first kappa shape index (κ1) is 17.0. The van der Waals surface area contributed by atoms with Crippen LogP contribution in [-0.4, -0.2) is 18.7 Å². The Bertz CT molecular complexity index is 971. The number of rotatable bonds is 5. The fraction of sp³-hybridized carbons (Fsp3) is 0.300. The zero-order chi connectivity index (χ0) is 18.0. The second kappa shape index (κ2) is 6.97. The van der Waals surface area contributed by atoms with Crippen LogP contribution in [0.15, 0.2) is 51.7 Å². The maximum atomic E-state index is 12.1. The Kier molecular flexibility index (Phi) is 4.74. The van der Waals surface area contributed by atoms with E-state index in [0.717, 1.165) is 10.8 Å². The molecule has 0 spiro atoms. The van der Waals surface area contributed by atoms with Crippen LogP contribution in [0.5, 0.6) is 5.75 Å². The van der Waals surface area contributed by atoms with Crippen LogP contribution in [0.3, 0.4) is 0 Å². The van der Waals surface area contributed by atoms with Gasteiger partial charge >= 0.3 is 11.6 Å². The van der Waals surface area contributed by atoms with Crippen molar-refractivity contribution in [2.45, 2.75) is 26.9 Å². The highest BCUT2D eigenvalue weighted by atomic mass is 16.6. The van der Waals surface area contributed by atoms with Gasteiger partial charge < -0.3 is 13.9 Å². The average molecular weight is 340 g/mol. The number of benzene rings is 2. The summed E-state index contributed by atoms with van der Waals surface area (Å²) in [4.78, 5) is 24.0. The predicted molar refractivity (Wildman–Crippen MR) is 95.9 cm³/mol. The molecule has 0 aliphatic rings. The molecule has 0 unspecified atom stereocenters. The van der Waals surface area contributed by atoms with Gasteiger partial charge in [0.15, 0.2) is 6.10 Å². The molecular formula is C20H20O5. The van der Waals surface area contributed by atoms with E-state index in [4.69, 9.17) is 13.9 Å². The second-order valence-electron chi connectivity index (χ2n) is 6.38. The van der Waals surface area contributed by atoms with Crippen LogP contribution in [0, 0.1) is 5.92 Å². The molecule has 0 radical (unpaired) electrons. The van der Waals surface area contributed by atoms with Crippen molar-refractivity contribution in [1.29, 1.82) is 0 Å². The van der Waals surface area contributed by atoms with Gasteiger partial charge in [-0.3, -0.25) is 0 Å². The molecule has 0 bridgehead atoms. The Morgan fingerprint density at radius 3 is 2.48 bits per heavy atom. The van der Waals surface area contributed by atoms with Crippen molar-refractivity contribution in [2.24, 2.45) is 5.92 Å². The molecule has 2 aromatic carbocycles. The molecule has 0 N–H and O–H groups in total. The van der Waals surface area contributed by atoms with Gasteiger partial charge in [-0.1, -0.05) is 32.0 Å². The summed E-state index contributed by atoms with van der Waals surface area (Å²) in [5, 5.41) is 2.18. The first-order valence-corrected chi connectivity index (χ1v) is 8.24. The highest BCUT2D eigenvalue weighted by Gasteiger charge is 2.17. The zero-order valence-electron chi connectivity index (χ0n) is 14.4. The van der Waals surface area contributed by atoms with Crippen molar-refractivity contribution in [2.75, 3.05) is 6.61 Å². The molecule has 5 nitrogen and oxygen atoms in total. The van der Waals surface area contributed by atoms with Crippen LogP contribution in [0.1, 0.15) is 20.8 Å². The maximum Gasteiger partial charge on any atom is 0.347 e. The highest BCUT2D eigenvalue weighted by Crippen LogP contribution is 2.26. The summed E-state index contributed by atoms with van der Waals surface area (Å²) in [5.74, 6) is 0.285. The van der Waals surface area contributed by atoms with Gasteiger partial charge in [0.1, 0.15) is 11.3 Å². The first-order valence-electron chi connectivity index (χ1n) is 8.24. The molecule has 1 aromatic heterocycles. The third-order valence-electron chi connectivity index (χ3n) is 3.80. The molecule has 25 heavy (non-hydrogen) atoms. The molecule has 0 amide bonds. The van der Waals surface area contributed by atoms with Crippen LogP contribution in [0.4, 0.5) is 0 Å². The molecule has 0 saturated carbocycles. The van der Waals surface area contributed by atoms with E-state index in [1.807, 2.05) is 32.0 Å². The van der Waals surface area contributed by atoms with Crippen molar-refractivity contribution in [3.63, 3.8) is 0 Å². The summed E-state index contributed by atoms with van der Waals surface area (Å²) in [6.07, 6.45) is -0.747. The normalized spacial score (nSPS) is 12.5. The van der Waals surface area contributed by atoms with Crippen LogP contribution in [0.2, 0.25) is 0 Å². The molecule has 0 fully saturated rings. The number of carbonyl (C=O) groups excluding carboxylic acids is 1. The number of ether oxygens (including phenoxy) is 2. The summed E-state index contributed by atoms with van der Waals surface area (Å²) in [6.45, 7) is 5.91. The SMILES string of the molecule is CC(C)COC(=O)[C@@H](C)Oc1ccc2c(c1)oc(=O)c1ccccc12. The van der Waals surface area contributed by atoms with E-state index in [1.54, 1.807) is 31.2 Å². The van der Waals surface area contributed by atoms with Gasteiger partial charge in [0, 0.05) is 11.5 Å². The van der Waals surface area contributed by atoms with Gasteiger partial charge in [-0.05, 0) is 36.4 Å². The second-order valence-corrected chi connectivity index (χ2v) is 6.38. The van der Waals surface area contributed by atoms with Crippen molar-refractivity contribution in [3.8, 4) is 5.75 Å². The number of hydrogen-bond donors (Lipinski definition) is 0. The summed E-state index contributed by atoms with van der Waals surface area (Å²) >= 11 is 0. The van der Waals surface area contributed by atoms with E-state index in [9.17, 15) is 9.59 Å². The van der Waals surface area contributed by atoms with Gasteiger partial charge in [-0.15, -0.1) is 0 Å². The van der Waals surface area contributed by atoms with E-state index < -0.39 is 17.7 Å². The molecular weight excluding hydrogens is 320 g/mol. The third-order valence-corrected chi connectivity index (χ3v) is 3.80. The van der Waals surface area contributed by atoms with Crippen molar-refractivity contribution < 1.29 is 18.7 Å². The van der Waals surface area contributed by atoms with Gasteiger partial charge in [-0.25, -0.2) is 9.59 Å². The molecule has 0 aliphatic heterocycles. The smallest absolute Gasteiger partial charge is 0.347 e. The molecule has 3 rings (SSSR count). The zero-order valence-corrected chi connectivity index (χ0v) is 14.4. The quantitative estimate of drug-likeness (QED) is 0.400. The van der Waals surface area contributed by atoms with E-state index in [-0.39, 0.29) is 5.92 Å². The Hall–Kier alpha value is -2.82. The first-order chi connectivity index (χ1) is 12.0. The van der Waals surface area contributed by atoms with Crippen molar-refractivity contribution in [3.05, 3.63) is 52.9 Å². The molecule has 130 valence electrons. The van der Waals surface area contributed by atoms with Gasteiger partial charge in [-0.2, -0.15) is 0 Å². The summed E-state index contributed by atoms with van der Waals surface area (Å²) in [5.41, 5.74) is 0.0218. The number of fused-ring (bicyclic) bond motifs is 3. The Balaban J connectivity index is 1.88. The summed E-state index contributed by atoms with van der Waals surface area (Å²) < 4.78 is 16.2. The topological polar surface area (TPSA) is 65.7 Å². The van der Waals surface area contributed by atoms with Crippen LogP contribution < -0.4 is 10.4 Å². The molecule has 0 aliphatic carbocycles. The molecule has 5 heteroatoms. The largest absolute Gasteiger partial charge is 0.479 e. The third kappa shape index (κ3) is 3.65. The fourth-order valence-corrected chi connectivity index (χ4v) is 2.55. The Morgan fingerprint density at radius 1 is 1.04 bits per heavy atom. The minimum atomic E-state index is -0.747. The van der Waals surface area contributed by atoms with Crippen LogP contribution in [0.25, 0.3) is 21.7 Å². The molecule has 0 saturated heterocycles. The number of carbonyl (C=O) groups is 1. The highest BCUT2D eigenvalue weighted by molar-refractivity contribution is 6.04. The number of hydrogen-bond acceptors (Lipinski definition) is 5. The lowest BCUT2D eigenvalue weighted by atomic mass is 10.1. The lowest BCUT2D eigenvalue weighted by molar-refractivity contribution is -0.152. The Labute approximate surface area is 145 Å². The van der Waals surface area contributed by atoms with Crippen LogP contribution in [-0.2, 0) is 9.53 Å². The van der Waals surface area contributed by atoms with E-state index in [1.165, 1.54) is 0 Å². The molecule has 1 atom stereocenters. The standard InChI is InChI=1S/C20H20O5/c1-12(2)11-23-19(21)13(3)24-14-8-9-16-15-6-4-5-7-17(15)20(22)25-18(16)10-14/h4-10,12-13H,11H2,1-3H3/t13-/m1/s1. The van der Waals surface area contributed by atoms with Crippen molar-refractivity contribution in [1.82, 2.24) is 0 Å². The monoisotopic (exact) mass is 340 g/mol. The van der Waals surface area contributed by atoms with E-state index in [2.05, 4.69) is 0 Å². The Morgan fingerprint density at radius 2 is 1.76 bits per heavy atom. The predicted octanol–water partition coefficient (Wildman–Crippen LogP) is 3.91. The van der Waals surface area contributed by atoms with Gasteiger partial charge in [0.2, 0.25) is 0 Å². The summed E-state index contributed by atoms with van der Waals surface area (Å²) in [7, 11) is 0. The number of esters is 1. The fourth-order valence-electron chi connectivity index (χ4n) is 2.55. The summed E-state index contributed by atoms with van der Waals surface area (Å²) in [6, 6.07) is 12.5. The molecule has 1 heterocycles. The minimum absolute atomic E-state index is 0.263. The van der Waals surface area contributed by atoms with Gasteiger partial charge in [0.05, 0.1) is 12.0 Å². The van der Waals surface area contributed by atoms with Crippen molar-refractivity contribution >= 4 is 27.7 Å². The average Bonchev–Trinajstić information content (AvgIpc) is 2.59. The maximum absolute atomic E-state index is 12.1. The van der Waals surface area contributed by atoms with Gasteiger partial charge in [0.25, 0.3) is 0 Å². The van der Waals surface area contributed by atoms with E-state index in [0.29, 0.717) is 23.3 Å². The lowest BCUT2D eigenvalue weighted by Crippen LogP contribution is -2.27.